The third-order valence-corrected chi connectivity index (χ3v) is 21.5. The maximum atomic E-state index is 14.1. The molecule has 3 aromatic heterocycles. The molecule has 38 heteroatoms. The number of likely N-dealkylation sites (N-methyl/N-ethyl adjacent to an activating group) is 2. The van der Waals surface area contributed by atoms with Crippen LogP contribution in [0.3, 0.4) is 0 Å². The van der Waals surface area contributed by atoms with E-state index < -0.39 is 72.7 Å². The van der Waals surface area contributed by atoms with Crippen molar-refractivity contribution in [2.75, 3.05) is 171 Å². The first-order valence-corrected chi connectivity index (χ1v) is 42.5. The Balaban J connectivity index is 0.514. The minimum absolute atomic E-state index is 0.0194. The van der Waals surface area contributed by atoms with Crippen LogP contribution in [0.15, 0.2) is 102 Å². The van der Waals surface area contributed by atoms with Gasteiger partial charge in [-0.3, -0.25) is 43.3 Å². The van der Waals surface area contributed by atoms with Crippen LogP contribution < -0.4 is 42.6 Å². The summed E-state index contributed by atoms with van der Waals surface area (Å²) >= 11 is 0. The maximum Gasteiger partial charge on any atom is 0.415 e. The number of carbonyl (C=O) groups excluding carboxylic acids is 10. The smallest absolute Gasteiger partial charge is 0.415 e. The molecule has 125 heavy (non-hydrogen) atoms. The van der Waals surface area contributed by atoms with Gasteiger partial charge in [0.15, 0.2) is 5.60 Å². The number of nitrogens with one attached hydrogen (secondary N) is 5. The first kappa shape index (κ1) is 96.2. The average Bonchev–Trinajstić information content (AvgIpc) is 1.57. The second kappa shape index (κ2) is 50.2. The minimum Gasteiger partial charge on any atom is -0.458 e. The standard InChI is InChI=1S/C87H116N14O24/c1-5-66-67-49-65(23-24-71(67)93-79-68(66)54-100-74(79)50-70-69(83(100)109)56-123-84(110)87(70,113)6-2)125-86(112)98(4)30-29-97(3)85(111)124-55-61-17-21-63(22-18-61)91-81(107)72(14-10-11-27-88)94-82(108)73(48-59-12-8-7-9-13-59)92-76(103)58-122-57-75(102)89-28-32-114-34-36-116-38-40-118-42-44-120-46-47-121-45-43-119-41-39-117-37-35-115-33-31-99-53-64(95-96-99)51-90-80(106)62-19-15-60(16-20-62)52-101-77(104)25-26-78(101)105/h7-9,12-13,17-18,21-26,49-50,53,60,62,72-73,113H,5-6,10-11,14-16,19-20,27-48,51-52,54-58,88H2,1-4H3,(H,89,102)(H,90,106)(H,91,107)(H,92,103)(H,94,108)/t60?,62?,72?,73?,87-/m0/s1. The van der Waals surface area contributed by atoms with Crippen LogP contribution in [0.5, 0.6) is 5.75 Å². The number of hydrogen-bond acceptors (Lipinski definition) is 28. The van der Waals surface area contributed by atoms with Crippen LogP contribution in [0.25, 0.3) is 22.3 Å². The summed E-state index contributed by atoms with van der Waals surface area (Å²) in [6, 6.07) is 20.1. The van der Waals surface area contributed by atoms with Crippen molar-refractivity contribution in [2.45, 2.75) is 129 Å². The van der Waals surface area contributed by atoms with E-state index in [1.807, 2.05) is 13.0 Å². The highest BCUT2D eigenvalue weighted by molar-refractivity contribution is 6.13. The quantitative estimate of drug-likeness (QED) is 0.0163. The lowest BCUT2D eigenvalue weighted by molar-refractivity contribution is -0.172. The predicted molar refractivity (Wildman–Crippen MR) is 451 cm³/mol. The van der Waals surface area contributed by atoms with E-state index >= 15 is 0 Å². The predicted octanol–water partition coefficient (Wildman–Crippen LogP) is 3.53. The Hall–Kier alpha value is -11.0. The molecule has 3 aromatic carbocycles. The number of hydrogen-bond donors (Lipinski definition) is 7. The highest BCUT2D eigenvalue weighted by atomic mass is 16.6. The van der Waals surface area contributed by atoms with Gasteiger partial charge in [-0.25, -0.2) is 24.0 Å². The number of esters is 1. The lowest BCUT2D eigenvalue weighted by atomic mass is 9.81. The molecule has 1 fully saturated rings. The molecule has 6 aromatic rings. The van der Waals surface area contributed by atoms with Crippen molar-refractivity contribution >= 4 is 76.1 Å². The van der Waals surface area contributed by atoms with Crippen molar-refractivity contribution in [1.82, 2.24) is 60.5 Å². The summed E-state index contributed by atoms with van der Waals surface area (Å²) in [6.45, 7) is 10.3. The van der Waals surface area contributed by atoms with E-state index in [1.165, 1.54) is 40.9 Å². The van der Waals surface area contributed by atoms with Gasteiger partial charge in [0.1, 0.15) is 50.0 Å². The van der Waals surface area contributed by atoms with Crippen LogP contribution in [-0.2, 0) is 142 Å². The number of nitrogens with zero attached hydrogens (tertiary/aromatic N) is 8. The number of imide groups is 1. The molecule has 10 rings (SSSR count). The number of unbranched alkanes of at least 4 members (excludes halogenated alkanes) is 1. The molecule has 3 atom stereocenters. The van der Waals surface area contributed by atoms with E-state index in [1.54, 1.807) is 95.2 Å². The van der Waals surface area contributed by atoms with Gasteiger partial charge >= 0.3 is 18.2 Å². The van der Waals surface area contributed by atoms with Gasteiger partial charge in [-0.05, 0) is 123 Å². The van der Waals surface area contributed by atoms with Crippen molar-refractivity contribution in [3.05, 3.63) is 147 Å². The Kier molecular flexibility index (Phi) is 38.6. The molecular formula is C87H116N14O24. The molecule has 2 unspecified atom stereocenters. The first-order valence-electron chi connectivity index (χ1n) is 42.5. The van der Waals surface area contributed by atoms with Crippen molar-refractivity contribution in [1.29, 1.82) is 0 Å². The highest BCUT2D eigenvalue weighted by Gasteiger charge is 2.46. The van der Waals surface area contributed by atoms with E-state index in [4.69, 9.17) is 67.6 Å². The van der Waals surface area contributed by atoms with E-state index in [0.29, 0.717) is 178 Å². The van der Waals surface area contributed by atoms with Gasteiger partial charge < -0.3 is 109 Å². The number of aryl methyl sites for hydroxylation is 1. The normalized spacial score (nSPS) is 16.2. The number of fused-ring (bicyclic) bond motifs is 5. The van der Waals surface area contributed by atoms with Gasteiger partial charge in [0.2, 0.25) is 29.5 Å². The monoisotopic (exact) mass is 1740 g/mol. The molecule has 9 amide bonds. The number of cyclic esters (lactones) is 1. The Morgan fingerprint density at radius 2 is 1.27 bits per heavy atom. The Morgan fingerprint density at radius 3 is 1.90 bits per heavy atom. The van der Waals surface area contributed by atoms with E-state index in [-0.39, 0.29) is 130 Å². The summed E-state index contributed by atoms with van der Waals surface area (Å²) < 4.78 is 69.8. The van der Waals surface area contributed by atoms with Crippen LogP contribution in [0.1, 0.15) is 104 Å². The largest absolute Gasteiger partial charge is 0.458 e. The van der Waals surface area contributed by atoms with Gasteiger partial charge in [0.25, 0.3) is 17.4 Å². The molecule has 0 spiro atoms. The molecule has 4 aliphatic rings. The van der Waals surface area contributed by atoms with Crippen LogP contribution in [0, 0.1) is 11.8 Å². The number of ether oxygens (including phenoxy) is 12. The number of pyridine rings is 2. The number of amides is 9. The molecule has 8 N–H and O–H groups in total. The molecule has 38 nitrogen and oxygen atoms in total. The zero-order valence-electron chi connectivity index (χ0n) is 71.4. The molecule has 0 radical (unpaired) electrons. The Labute approximate surface area is 724 Å². The Bertz CT molecular complexity index is 4660. The number of rotatable bonds is 55. The second-order valence-electron chi connectivity index (χ2n) is 30.4. The van der Waals surface area contributed by atoms with Gasteiger partial charge in [0.05, 0.1) is 154 Å². The van der Waals surface area contributed by atoms with E-state index in [9.17, 15) is 57.8 Å². The van der Waals surface area contributed by atoms with Gasteiger partial charge in [-0.15, -0.1) is 5.10 Å². The fourth-order valence-corrected chi connectivity index (χ4v) is 14.4. The lowest BCUT2D eigenvalue weighted by Gasteiger charge is -2.31. The van der Waals surface area contributed by atoms with E-state index in [2.05, 4.69) is 36.9 Å². The first-order chi connectivity index (χ1) is 60.6. The maximum absolute atomic E-state index is 14.1. The third-order valence-electron chi connectivity index (χ3n) is 21.5. The number of aliphatic hydroxyl groups is 1. The topological polar surface area (TPSA) is 463 Å². The van der Waals surface area contributed by atoms with Crippen LogP contribution >= 0.6 is 0 Å². The lowest BCUT2D eigenvalue weighted by Crippen LogP contribution is -2.54. The summed E-state index contributed by atoms with van der Waals surface area (Å²) in [5.41, 5.74) is 9.61. The van der Waals surface area contributed by atoms with Crippen molar-refractivity contribution in [2.24, 2.45) is 17.6 Å². The fourth-order valence-electron chi connectivity index (χ4n) is 14.4. The molecule has 0 bridgehead atoms. The summed E-state index contributed by atoms with van der Waals surface area (Å²) in [7, 11) is 3.06. The van der Waals surface area contributed by atoms with Crippen molar-refractivity contribution in [3.8, 4) is 17.1 Å². The van der Waals surface area contributed by atoms with Crippen LogP contribution in [0.2, 0.25) is 0 Å². The number of carbonyl (C=O) groups is 10. The molecule has 1 aliphatic carbocycles. The second-order valence-corrected chi connectivity index (χ2v) is 30.4. The SMILES string of the molecule is CCc1c2c(nc3ccc(OC(=O)N(C)CCN(C)C(=O)OCc4ccc(NC(=O)C(CCCCN)NC(=O)C(Cc5ccccc5)NC(=O)COCC(=O)NCCOCCOCCOCCOCCOCCOCCOCCOCCn5cc(CNC(=O)C6CCC(CN7C(=O)C=CC7=O)CC6)nn5)cc4)cc13)-c1cc3c(c(=O)n1C2)COC(=O)[C@]3(O)CC. The summed E-state index contributed by atoms with van der Waals surface area (Å²) in [4.78, 5) is 152. The summed E-state index contributed by atoms with van der Waals surface area (Å²) in [6.07, 6.45) is 7.93. The third kappa shape index (κ3) is 29.3. The molecule has 678 valence electrons. The summed E-state index contributed by atoms with van der Waals surface area (Å²) in [5, 5.41) is 34.3. The number of aromatic nitrogens is 5. The van der Waals surface area contributed by atoms with Gasteiger partial charge in [-0.2, -0.15) is 0 Å². The highest BCUT2D eigenvalue weighted by Crippen LogP contribution is 2.41. The van der Waals surface area contributed by atoms with Gasteiger partial charge in [0, 0.05) is 87.0 Å². The molecule has 1 saturated carbocycles. The number of anilines is 1. The van der Waals surface area contributed by atoms with Crippen LogP contribution in [-0.4, -0.2) is 282 Å². The van der Waals surface area contributed by atoms with Crippen molar-refractivity contribution < 1.29 is 110 Å². The number of benzene rings is 3. The van der Waals surface area contributed by atoms with Crippen LogP contribution in [0.4, 0.5) is 15.3 Å². The fraction of sp³-hybridized carbons (Fsp3) is 0.540. The minimum atomic E-state index is -1.96. The number of nitrogens with two attached hydrogens (primary N) is 1. The zero-order chi connectivity index (χ0) is 88.9. The summed E-state index contributed by atoms with van der Waals surface area (Å²) in [5.74, 6) is -3.36. The van der Waals surface area contributed by atoms with E-state index in [0.717, 1.165) is 34.9 Å². The molecule has 3 aliphatic heterocycles. The molecule has 6 heterocycles. The van der Waals surface area contributed by atoms with Gasteiger partial charge in [-0.1, -0.05) is 61.5 Å². The zero-order valence-corrected chi connectivity index (χ0v) is 71.4. The average molecular weight is 1740 g/mol. The molecule has 0 saturated heterocycles. The Morgan fingerprint density at radius 1 is 0.656 bits per heavy atom. The van der Waals surface area contributed by atoms with Crippen molar-refractivity contribution in [3.63, 3.8) is 0 Å². The molecular weight excluding hydrogens is 1630 g/mol.